The summed E-state index contributed by atoms with van der Waals surface area (Å²) in [5.74, 6) is 0. The molecule has 1 heterocycles. The summed E-state index contributed by atoms with van der Waals surface area (Å²) in [6.45, 7) is 10.5. The molecule has 0 radical (unpaired) electrons. The number of hydrogen-bond donors (Lipinski definition) is 1. The molecule has 0 aliphatic carbocycles. The topological polar surface area (TPSA) is 15.3 Å². The first kappa shape index (κ1) is 11.0. The van der Waals surface area contributed by atoms with Crippen molar-refractivity contribution in [2.24, 2.45) is 5.41 Å². The number of nitrogens with one attached hydrogen (secondary N) is 1. The fourth-order valence-electron chi connectivity index (χ4n) is 1.79. The maximum absolute atomic E-state index is 3.58. The molecule has 0 aromatic rings. The van der Waals surface area contributed by atoms with Gasteiger partial charge in [0.15, 0.2) is 0 Å². The van der Waals surface area contributed by atoms with Crippen molar-refractivity contribution >= 4 is 0 Å². The molecule has 1 atom stereocenters. The molecule has 0 saturated carbocycles. The van der Waals surface area contributed by atoms with Crippen molar-refractivity contribution in [1.82, 2.24) is 10.2 Å². The second-order valence-corrected chi connectivity index (χ2v) is 5.51. The van der Waals surface area contributed by atoms with Gasteiger partial charge >= 0.3 is 0 Å². The first-order chi connectivity index (χ1) is 5.97. The Balaban J connectivity index is 2.21. The highest BCUT2D eigenvalue weighted by Crippen LogP contribution is 2.22. The molecule has 0 amide bonds. The predicted octanol–water partition coefficient (Wildman–Crippen LogP) is 1.72. The van der Waals surface area contributed by atoms with E-state index in [9.17, 15) is 0 Å². The van der Waals surface area contributed by atoms with Crippen molar-refractivity contribution in [3.63, 3.8) is 0 Å². The largest absolute Gasteiger partial charge is 0.311 e. The monoisotopic (exact) mass is 184 g/mol. The molecular formula is C11H24N2. The smallest absolute Gasteiger partial charge is 0.0195 e. The van der Waals surface area contributed by atoms with E-state index >= 15 is 0 Å². The van der Waals surface area contributed by atoms with Crippen molar-refractivity contribution in [3.8, 4) is 0 Å². The van der Waals surface area contributed by atoms with Crippen LogP contribution in [0.3, 0.4) is 0 Å². The van der Waals surface area contributed by atoms with Crippen LogP contribution in [0.15, 0.2) is 0 Å². The zero-order valence-corrected chi connectivity index (χ0v) is 9.56. The molecule has 1 aliphatic rings. The lowest BCUT2D eigenvalue weighted by molar-refractivity contribution is 0.215. The highest BCUT2D eigenvalue weighted by molar-refractivity contribution is 4.78. The Morgan fingerprint density at radius 1 is 1.38 bits per heavy atom. The lowest BCUT2D eigenvalue weighted by Crippen LogP contribution is -2.49. The molecule has 0 aromatic heterocycles. The Kier molecular flexibility index (Phi) is 3.74. The minimum atomic E-state index is 0.484. The number of hydrogen-bond acceptors (Lipinski definition) is 2. The summed E-state index contributed by atoms with van der Waals surface area (Å²) in [6, 6.07) is 0.720. The fraction of sp³-hybridized carbons (Fsp3) is 1.00. The SMILES string of the molecule is CN1CCNC(CCC(C)(C)C)C1. The van der Waals surface area contributed by atoms with E-state index < -0.39 is 0 Å². The molecule has 1 unspecified atom stereocenters. The normalized spacial score (nSPS) is 26.3. The van der Waals surface area contributed by atoms with Gasteiger partial charge in [-0.25, -0.2) is 0 Å². The van der Waals surface area contributed by atoms with Crippen LogP contribution in [0.1, 0.15) is 33.6 Å². The van der Waals surface area contributed by atoms with E-state index in [1.165, 1.54) is 25.9 Å². The second kappa shape index (κ2) is 4.43. The van der Waals surface area contributed by atoms with E-state index in [4.69, 9.17) is 0 Å². The highest BCUT2D eigenvalue weighted by Gasteiger charge is 2.18. The van der Waals surface area contributed by atoms with Gasteiger partial charge in [0.1, 0.15) is 0 Å². The average molecular weight is 184 g/mol. The number of rotatable bonds is 2. The van der Waals surface area contributed by atoms with Crippen LogP contribution >= 0.6 is 0 Å². The van der Waals surface area contributed by atoms with Crippen molar-refractivity contribution in [3.05, 3.63) is 0 Å². The Bertz CT molecular complexity index is 149. The third-order valence-electron chi connectivity index (χ3n) is 2.70. The van der Waals surface area contributed by atoms with Crippen molar-refractivity contribution < 1.29 is 0 Å². The van der Waals surface area contributed by atoms with Gasteiger partial charge in [-0.15, -0.1) is 0 Å². The van der Waals surface area contributed by atoms with E-state index in [-0.39, 0.29) is 0 Å². The van der Waals surface area contributed by atoms with E-state index in [1.54, 1.807) is 0 Å². The molecule has 2 heteroatoms. The Labute approximate surface area is 82.7 Å². The zero-order valence-electron chi connectivity index (χ0n) is 9.56. The van der Waals surface area contributed by atoms with E-state index in [1.807, 2.05) is 0 Å². The summed E-state index contributed by atoms with van der Waals surface area (Å²) in [5.41, 5.74) is 0.484. The fourth-order valence-corrected chi connectivity index (χ4v) is 1.79. The molecule has 1 rings (SSSR count). The summed E-state index contributed by atoms with van der Waals surface area (Å²) in [7, 11) is 2.21. The van der Waals surface area contributed by atoms with Gasteiger partial charge in [0, 0.05) is 25.7 Å². The number of piperazine rings is 1. The van der Waals surface area contributed by atoms with E-state index in [0.717, 1.165) is 12.6 Å². The Hall–Kier alpha value is -0.0800. The van der Waals surface area contributed by atoms with Crippen LogP contribution in [0.25, 0.3) is 0 Å². The number of likely N-dealkylation sites (N-methyl/N-ethyl adjacent to an activating group) is 1. The average Bonchev–Trinajstić information content (AvgIpc) is 2.00. The van der Waals surface area contributed by atoms with E-state index in [2.05, 4.69) is 38.0 Å². The van der Waals surface area contributed by atoms with Crippen LogP contribution in [0, 0.1) is 5.41 Å². The lowest BCUT2D eigenvalue weighted by atomic mass is 9.88. The van der Waals surface area contributed by atoms with Crippen molar-refractivity contribution in [2.75, 3.05) is 26.7 Å². The molecule has 0 bridgehead atoms. The van der Waals surface area contributed by atoms with Crippen LogP contribution < -0.4 is 5.32 Å². The Morgan fingerprint density at radius 3 is 2.62 bits per heavy atom. The predicted molar refractivity (Wildman–Crippen MR) is 58.0 cm³/mol. The minimum absolute atomic E-state index is 0.484. The molecule has 1 fully saturated rings. The maximum Gasteiger partial charge on any atom is 0.0195 e. The van der Waals surface area contributed by atoms with Gasteiger partial charge in [0.25, 0.3) is 0 Å². The molecule has 1 aliphatic heterocycles. The minimum Gasteiger partial charge on any atom is -0.311 e. The summed E-state index contributed by atoms with van der Waals surface area (Å²) in [5, 5.41) is 3.58. The second-order valence-electron chi connectivity index (χ2n) is 5.51. The summed E-state index contributed by atoms with van der Waals surface area (Å²) < 4.78 is 0. The molecule has 13 heavy (non-hydrogen) atoms. The first-order valence-electron chi connectivity index (χ1n) is 5.39. The maximum atomic E-state index is 3.58. The van der Waals surface area contributed by atoms with Crippen LogP contribution in [0.5, 0.6) is 0 Å². The standard InChI is InChI=1S/C11H24N2/c1-11(2,3)6-5-10-9-13(4)8-7-12-10/h10,12H,5-9H2,1-4H3. The van der Waals surface area contributed by atoms with Gasteiger partial charge in [-0.1, -0.05) is 20.8 Å². The third-order valence-corrected chi connectivity index (χ3v) is 2.70. The van der Waals surface area contributed by atoms with Crippen LogP contribution in [0.2, 0.25) is 0 Å². The van der Waals surface area contributed by atoms with Crippen molar-refractivity contribution in [2.45, 2.75) is 39.7 Å². The molecule has 1 saturated heterocycles. The molecule has 78 valence electrons. The molecular weight excluding hydrogens is 160 g/mol. The highest BCUT2D eigenvalue weighted by atomic mass is 15.2. The summed E-state index contributed by atoms with van der Waals surface area (Å²) >= 11 is 0. The van der Waals surface area contributed by atoms with E-state index in [0.29, 0.717) is 5.41 Å². The molecule has 1 N–H and O–H groups in total. The molecule has 0 aromatic carbocycles. The quantitative estimate of drug-likeness (QED) is 0.703. The molecule has 0 spiro atoms. The summed E-state index contributed by atoms with van der Waals surface area (Å²) in [6.07, 6.45) is 2.63. The lowest BCUT2D eigenvalue weighted by Gasteiger charge is -2.32. The van der Waals surface area contributed by atoms with Gasteiger partial charge in [-0.2, -0.15) is 0 Å². The van der Waals surface area contributed by atoms with Crippen LogP contribution in [-0.4, -0.2) is 37.6 Å². The van der Waals surface area contributed by atoms with Crippen LogP contribution in [0.4, 0.5) is 0 Å². The summed E-state index contributed by atoms with van der Waals surface area (Å²) in [4.78, 5) is 2.42. The van der Waals surface area contributed by atoms with Gasteiger partial charge in [0.2, 0.25) is 0 Å². The zero-order chi connectivity index (χ0) is 9.90. The van der Waals surface area contributed by atoms with Crippen molar-refractivity contribution in [1.29, 1.82) is 0 Å². The first-order valence-corrected chi connectivity index (χ1v) is 5.39. The van der Waals surface area contributed by atoms with Gasteiger partial charge in [-0.05, 0) is 25.3 Å². The van der Waals surface area contributed by atoms with Gasteiger partial charge in [-0.3, -0.25) is 0 Å². The third kappa shape index (κ3) is 4.63. The van der Waals surface area contributed by atoms with Gasteiger partial charge < -0.3 is 10.2 Å². The molecule has 2 nitrogen and oxygen atoms in total. The Morgan fingerprint density at radius 2 is 2.08 bits per heavy atom. The number of nitrogens with zero attached hydrogens (tertiary/aromatic N) is 1. The van der Waals surface area contributed by atoms with Crippen LogP contribution in [-0.2, 0) is 0 Å². The van der Waals surface area contributed by atoms with Gasteiger partial charge in [0.05, 0.1) is 0 Å².